The molecule has 2 atom stereocenters. The molecule has 124 valence electrons. The number of rotatable bonds is 7. The molecule has 4 heteroatoms. The fourth-order valence-electron chi connectivity index (χ4n) is 3.36. The first kappa shape index (κ1) is 17.1. The lowest BCUT2D eigenvalue weighted by atomic mass is 9.98. The second kappa shape index (κ2) is 8.39. The van der Waals surface area contributed by atoms with Crippen LogP contribution in [0.15, 0.2) is 18.2 Å². The number of piperidine rings is 1. The largest absolute Gasteiger partial charge is 0.497 e. The lowest BCUT2D eigenvalue weighted by Gasteiger charge is -2.35. The first-order chi connectivity index (χ1) is 10.7. The minimum Gasteiger partial charge on any atom is -0.497 e. The zero-order valence-electron chi connectivity index (χ0n) is 14.0. The number of aliphatic hydroxyl groups is 1. The van der Waals surface area contributed by atoms with E-state index in [4.69, 9.17) is 9.47 Å². The fraction of sp³-hybridized carbons (Fsp3) is 0.667. The summed E-state index contributed by atoms with van der Waals surface area (Å²) < 4.78 is 10.6. The second-order valence-corrected chi connectivity index (χ2v) is 6.01. The maximum Gasteiger partial charge on any atom is 0.124 e. The standard InChI is InChI=1S/C18H29NO3/c1-4-14-7-5-6-11-19(14)12-10-17(20)16-13-15(21-2)8-9-18(16)22-3/h8-9,13-14,17,20H,4-7,10-12H2,1-3H3. The molecule has 1 saturated heterocycles. The summed E-state index contributed by atoms with van der Waals surface area (Å²) in [6.07, 6.45) is 5.29. The number of ether oxygens (including phenoxy) is 2. The van der Waals surface area contributed by atoms with Crippen LogP contribution in [0.4, 0.5) is 0 Å². The third kappa shape index (κ3) is 4.14. The van der Waals surface area contributed by atoms with E-state index in [2.05, 4.69) is 11.8 Å². The molecule has 0 radical (unpaired) electrons. The Morgan fingerprint density at radius 1 is 1.27 bits per heavy atom. The van der Waals surface area contributed by atoms with Crippen LogP contribution < -0.4 is 9.47 Å². The number of aliphatic hydroxyl groups excluding tert-OH is 1. The van der Waals surface area contributed by atoms with E-state index in [0.717, 1.165) is 36.6 Å². The van der Waals surface area contributed by atoms with Gasteiger partial charge in [-0.05, 0) is 50.4 Å². The SMILES string of the molecule is CCC1CCCCN1CCC(O)c1cc(OC)ccc1OC. The molecule has 1 aliphatic heterocycles. The van der Waals surface area contributed by atoms with Crippen molar-refractivity contribution in [2.24, 2.45) is 0 Å². The number of benzene rings is 1. The summed E-state index contributed by atoms with van der Waals surface area (Å²) >= 11 is 0. The first-order valence-corrected chi connectivity index (χ1v) is 8.33. The normalized spacial score (nSPS) is 20.6. The Morgan fingerprint density at radius 2 is 2.09 bits per heavy atom. The molecule has 2 unspecified atom stereocenters. The Kier molecular flexibility index (Phi) is 6.52. The van der Waals surface area contributed by atoms with Gasteiger partial charge in [0, 0.05) is 18.2 Å². The maximum absolute atomic E-state index is 10.6. The van der Waals surface area contributed by atoms with Gasteiger partial charge in [-0.25, -0.2) is 0 Å². The number of hydrogen-bond donors (Lipinski definition) is 1. The summed E-state index contributed by atoms with van der Waals surface area (Å²) in [5.41, 5.74) is 0.812. The first-order valence-electron chi connectivity index (χ1n) is 8.33. The summed E-state index contributed by atoms with van der Waals surface area (Å²) in [4.78, 5) is 2.53. The number of hydrogen-bond acceptors (Lipinski definition) is 4. The van der Waals surface area contributed by atoms with Crippen molar-refractivity contribution in [1.82, 2.24) is 4.90 Å². The number of methoxy groups -OCH3 is 2. The molecule has 4 nitrogen and oxygen atoms in total. The minimum absolute atomic E-state index is 0.524. The van der Waals surface area contributed by atoms with Crippen molar-refractivity contribution in [3.8, 4) is 11.5 Å². The molecular formula is C18H29NO3. The molecule has 0 bridgehead atoms. The summed E-state index contributed by atoms with van der Waals surface area (Å²) in [5.74, 6) is 1.47. The third-order valence-corrected chi connectivity index (χ3v) is 4.71. The van der Waals surface area contributed by atoms with Crippen LogP contribution in [0.5, 0.6) is 11.5 Å². The van der Waals surface area contributed by atoms with Gasteiger partial charge >= 0.3 is 0 Å². The van der Waals surface area contributed by atoms with Crippen molar-refractivity contribution in [2.45, 2.75) is 51.2 Å². The highest BCUT2D eigenvalue weighted by Gasteiger charge is 2.22. The molecule has 0 spiro atoms. The van der Waals surface area contributed by atoms with E-state index < -0.39 is 6.10 Å². The van der Waals surface area contributed by atoms with E-state index in [9.17, 15) is 5.11 Å². The van der Waals surface area contributed by atoms with Crippen LogP contribution in [0.25, 0.3) is 0 Å². The number of likely N-dealkylation sites (tertiary alicyclic amines) is 1. The quantitative estimate of drug-likeness (QED) is 0.838. The van der Waals surface area contributed by atoms with Gasteiger partial charge in [-0.1, -0.05) is 13.3 Å². The van der Waals surface area contributed by atoms with Crippen molar-refractivity contribution < 1.29 is 14.6 Å². The molecular weight excluding hydrogens is 278 g/mol. The van der Waals surface area contributed by atoms with E-state index in [1.54, 1.807) is 14.2 Å². The molecule has 1 aliphatic rings. The van der Waals surface area contributed by atoms with Gasteiger partial charge in [-0.2, -0.15) is 0 Å². The molecule has 0 saturated carbocycles. The molecule has 1 heterocycles. The third-order valence-electron chi connectivity index (χ3n) is 4.71. The Morgan fingerprint density at radius 3 is 2.77 bits per heavy atom. The predicted molar refractivity (Wildman–Crippen MR) is 88.6 cm³/mol. The molecule has 1 fully saturated rings. The van der Waals surface area contributed by atoms with Crippen LogP contribution in [0.3, 0.4) is 0 Å². The minimum atomic E-state index is -0.524. The summed E-state index contributed by atoms with van der Waals surface area (Å²) in [7, 11) is 3.27. The summed E-state index contributed by atoms with van der Waals surface area (Å²) in [6, 6.07) is 6.25. The fourth-order valence-corrected chi connectivity index (χ4v) is 3.36. The summed E-state index contributed by atoms with van der Waals surface area (Å²) in [6.45, 7) is 4.34. The van der Waals surface area contributed by atoms with Gasteiger partial charge in [0.05, 0.1) is 20.3 Å². The Labute approximate surface area is 134 Å². The molecule has 1 aromatic rings. The van der Waals surface area contributed by atoms with Crippen LogP contribution in [-0.4, -0.2) is 43.4 Å². The Balaban J connectivity index is 2.00. The predicted octanol–water partition coefficient (Wildman–Crippen LogP) is 3.39. The smallest absolute Gasteiger partial charge is 0.124 e. The zero-order chi connectivity index (χ0) is 15.9. The van der Waals surface area contributed by atoms with Crippen molar-refractivity contribution in [3.05, 3.63) is 23.8 Å². The van der Waals surface area contributed by atoms with Gasteiger partial charge in [-0.3, -0.25) is 0 Å². The van der Waals surface area contributed by atoms with Crippen LogP contribution in [0, 0.1) is 0 Å². The van der Waals surface area contributed by atoms with Crippen molar-refractivity contribution in [2.75, 3.05) is 27.3 Å². The van der Waals surface area contributed by atoms with Gasteiger partial charge in [0.2, 0.25) is 0 Å². The molecule has 0 aromatic heterocycles. The van der Waals surface area contributed by atoms with E-state index in [0.29, 0.717) is 6.04 Å². The molecule has 2 rings (SSSR count). The monoisotopic (exact) mass is 307 g/mol. The lowest BCUT2D eigenvalue weighted by molar-refractivity contribution is 0.0997. The van der Waals surface area contributed by atoms with E-state index in [1.807, 2.05) is 18.2 Å². The molecule has 1 aromatic carbocycles. The number of nitrogens with zero attached hydrogens (tertiary/aromatic N) is 1. The molecule has 1 N–H and O–H groups in total. The highest BCUT2D eigenvalue weighted by atomic mass is 16.5. The molecule has 0 amide bonds. The van der Waals surface area contributed by atoms with Gasteiger partial charge in [-0.15, -0.1) is 0 Å². The van der Waals surface area contributed by atoms with Crippen molar-refractivity contribution in [3.63, 3.8) is 0 Å². The highest BCUT2D eigenvalue weighted by molar-refractivity contribution is 5.41. The average Bonchev–Trinajstić information content (AvgIpc) is 2.59. The van der Waals surface area contributed by atoms with Crippen molar-refractivity contribution >= 4 is 0 Å². The average molecular weight is 307 g/mol. The molecule has 0 aliphatic carbocycles. The van der Waals surface area contributed by atoms with Crippen LogP contribution in [-0.2, 0) is 0 Å². The van der Waals surface area contributed by atoms with Gasteiger partial charge < -0.3 is 19.5 Å². The van der Waals surface area contributed by atoms with Crippen LogP contribution in [0.1, 0.15) is 50.7 Å². The van der Waals surface area contributed by atoms with Crippen LogP contribution in [0.2, 0.25) is 0 Å². The van der Waals surface area contributed by atoms with Gasteiger partial charge in [0.1, 0.15) is 11.5 Å². The van der Waals surface area contributed by atoms with Gasteiger partial charge in [0.25, 0.3) is 0 Å². The van der Waals surface area contributed by atoms with E-state index >= 15 is 0 Å². The molecule has 22 heavy (non-hydrogen) atoms. The summed E-state index contributed by atoms with van der Waals surface area (Å²) in [5, 5.41) is 10.6. The van der Waals surface area contributed by atoms with Crippen LogP contribution >= 0.6 is 0 Å². The van der Waals surface area contributed by atoms with E-state index in [-0.39, 0.29) is 0 Å². The Bertz CT molecular complexity index is 464. The van der Waals surface area contributed by atoms with Gasteiger partial charge in [0.15, 0.2) is 0 Å². The van der Waals surface area contributed by atoms with Crippen molar-refractivity contribution in [1.29, 1.82) is 0 Å². The maximum atomic E-state index is 10.6. The zero-order valence-corrected chi connectivity index (χ0v) is 14.0. The topological polar surface area (TPSA) is 41.9 Å². The lowest BCUT2D eigenvalue weighted by Crippen LogP contribution is -2.40. The van der Waals surface area contributed by atoms with E-state index in [1.165, 1.54) is 25.7 Å². The second-order valence-electron chi connectivity index (χ2n) is 6.01. The highest BCUT2D eigenvalue weighted by Crippen LogP contribution is 2.31. The Hall–Kier alpha value is -1.26.